The molecule has 1 fully saturated rings. The van der Waals surface area contributed by atoms with E-state index in [0.717, 1.165) is 28.3 Å². The summed E-state index contributed by atoms with van der Waals surface area (Å²) in [5.74, 6) is 0.273. The van der Waals surface area contributed by atoms with Crippen LogP contribution in [0.5, 0.6) is 0 Å². The van der Waals surface area contributed by atoms with Crippen LogP contribution in [0.3, 0.4) is 0 Å². The molecule has 1 aromatic carbocycles. The van der Waals surface area contributed by atoms with Gasteiger partial charge in [0.2, 0.25) is 11.9 Å². The van der Waals surface area contributed by atoms with Crippen molar-refractivity contribution in [3.05, 3.63) is 71.1 Å². The largest absolute Gasteiger partial charge is 0.433 e. The number of aryl methyl sites for hydroxylation is 1. The number of aromatic nitrogens is 5. The van der Waals surface area contributed by atoms with Crippen molar-refractivity contribution >= 4 is 28.9 Å². The molecule has 3 aromatic heterocycles. The summed E-state index contributed by atoms with van der Waals surface area (Å²) in [5.41, 5.74) is 0.0360. The van der Waals surface area contributed by atoms with Gasteiger partial charge in [-0.1, -0.05) is 6.07 Å². The van der Waals surface area contributed by atoms with Crippen LogP contribution >= 0.6 is 11.3 Å². The molecule has 0 aliphatic heterocycles. The molecule has 1 amide bonds. The van der Waals surface area contributed by atoms with Gasteiger partial charge >= 0.3 is 6.18 Å². The lowest BCUT2D eigenvalue weighted by Gasteiger charge is -2.33. The standard InChI is InChI=1S/C26H26F3N7O2S/c1-15-10-17(12-18(11-15)35-24-32-7-4-20(36-24)26(27,28)29)19-13-34-23(39-19)25(38)5-2-16(3-6-25)22(37)33-14-21-30-8-9-31-21/h4,7-13,16,38H,2-3,5-6,14H2,1H3,(H,30,31)(H,33,37)(H,32,35,36)/t16-,25-. The number of hydrogen-bond acceptors (Lipinski definition) is 8. The van der Waals surface area contributed by atoms with Gasteiger partial charge < -0.3 is 20.7 Å². The van der Waals surface area contributed by atoms with E-state index in [1.54, 1.807) is 30.7 Å². The number of amides is 1. The number of nitrogens with one attached hydrogen (secondary N) is 3. The maximum absolute atomic E-state index is 13.0. The van der Waals surface area contributed by atoms with Crippen LogP contribution in [0.4, 0.5) is 24.8 Å². The topological polar surface area (TPSA) is 129 Å². The highest BCUT2D eigenvalue weighted by molar-refractivity contribution is 7.15. The zero-order valence-corrected chi connectivity index (χ0v) is 21.7. The Hall–Kier alpha value is -3.84. The first-order valence-corrected chi connectivity index (χ1v) is 13.1. The Morgan fingerprint density at radius 2 is 1.97 bits per heavy atom. The van der Waals surface area contributed by atoms with Gasteiger partial charge in [0.25, 0.3) is 0 Å². The highest BCUT2D eigenvalue weighted by Gasteiger charge is 2.39. The number of thiazole rings is 1. The molecule has 39 heavy (non-hydrogen) atoms. The van der Waals surface area contributed by atoms with Gasteiger partial charge in [-0.05, 0) is 61.9 Å². The molecule has 0 saturated heterocycles. The molecule has 3 heterocycles. The quantitative estimate of drug-likeness (QED) is 0.249. The summed E-state index contributed by atoms with van der Waals surface area (Å²) in [5, 5.41) is 17.7. The van der Waals surface area contributed by atoms with E-state index >= 15 is 0 Å². The molecule has 4 aromatic rings. The number of halogens is 3. The average Bonchev–Trinajstić information content (AvgIpc) is 3.60. The third-order valence-electron chi connectivity index (χ3n) is 6.64. The van der Waals surface area contributed by atoms with Gasteiger partial charge in [0.15, 0.2) is 0 Å². The second-order valence-electron chi connectivity index (χ2n) is 9.57. The minimum absolute atomic E-state index is 0.0576. The van der Waals surface area contributed by atoms with Crippen molar-refractivity contribution in [3.63, 3.8) is 0 Å². The number of carbonyl (C=O) groups excluding carboxylic acids is 1. The summed E-state index contributed by atoms with van der Waals surface area (Å²) >= 11 is 1.36. The summed E-state index contributed by atoms with van der Waals surface area (Å²) in [6.45, 7) is 2.20. The molecule has 0 radical (unpaired) electrons. The number of H-pyrrole nitrogens is 1. The van der Waals surface area contributed by atoms with Crippen molar-refractivity contribution in [2.24, 2.45) is 5.92 Å². The van der Waals surface area contributed by atoms with E-state index in [2.05, 4.69) is 35.6 Å². The van der Waals surface area contributed by atoms with Gasteiger partial charge in [0.1, 0.15) is 22.1 Å². The van der Waals surface area contributed by atoms with Crippen molar-refractivity contribution in [3.8, 4) is 10.4 Å². The minimum Gasteiger partial charge on any atom is -0.383 e. The summed E-state index contributed by atoms with van der Waals surface area (Å²) in [4.78, 5) is 32.4. The molecule has 4 N–H and O–H groups in total. The number of benzene rings is 1. The maximum atomic E-state index is 13.0. The molecular weight excluding hydrogens is 531 g/mol. The van der Waals surface area contributed by atoms with Gasteiger partial charge in [0.05, 0.1) is 11.4 Å². The molecule has 0 unspecified atom stereocenters. The van der Waals surface area contributed by atoms with Crippen LogP contribution in [0, 0.1) is 12.8 Å². The molecule has 5 rings (SSSR count). The van der Waals surface area contributed by atoms with Gasteiger partial charge in [-0.25, -0.2) is 19.9 Å². The van der Waals surface area contributed by atoms with Crippen LogP contribution in [-0.4, -0.2) is 35.9 Å². The highest BCUT2D eigenvalue weighted by Crippen LogP contribution is 2.43. The predicted octanol–water partition coefficient (Wildman–Crippen LogP) is 5.09. The number of aromatic amines is 1. The molecule has 0 bridgehead atoms. The van der Waals surface area contributed by atoms with Crippen molar-refractivity contribution < 1.29 is 23.1 Å². The third kappa shape index (κ3) is 6.25. The maximum Gasteiger partial charge on any atom is 0.433 e. The number of imidazole rings is 1. The first-order chi connectivity index (χ1) is 18.6. The molecular formula is C26H26F3N7O2S. The highest BCUT2D eigenvalue weighted by atomic mass is 32.1. The molecule has 0 spiro atoms. The van der Waals surface area contributed by atoms with Crippen LogP contribution in [0.25, 0.3) is 10.4 Å². The van der Waals surface area contributed by atoms with Crippen LogP contribution in [-0.2, 0) is 23.1 Å². The van der Waals surface area contributed by atoms with E-state index < -0.39 is 17.5 Å². The van der Waals surface area contributed by atoms with E-state index in [0.29, 0.717) is 48.7 Å². The second kappa shape index (κ2) is 10.7. The predicted molar refractivity (Wildman–Crippen MR) is 139 cm³/mol. The Balaban J connectivity index is 1.25. The first kappa shape index (κ1) is 26.8. The lowest BCUT2D eigenvalue weighted by atomic mass is 9.78. The number of aliphatic hydroxyl groups is 1. The fourth-order valence-electron chi connectivity index (χ4n) is 4.61. The first-order valence-electron chi connectivity index (χ1n) is 12.3. The van der Waals surface area contributed by atoms with Gasteiger partial charge in [-0.15, -0.1) is 11.3 Å². The van der Waals surface area contributed by atoms with Crippen molar-refractivity contribution in [1.29, 1.82) is 0 Å². The van der Waals surface area contributed by atoms with Crippen LogP contribution in [0.15, 0.2) is 49.1 Å². The van der Waals surface area contributed by atoms with Gasteiger partial charge in [0, 0.05) is 36.4 Å². The lowest BCUT2D eigenvalue weighted by Crippen LogP contribution is -2.38. The average molecular weight is 558 g/mol. The number of alkyl halides is 3. The van der Waals surface area contributed by atoms with Crippen LogP contribution in [0.1, 0.15) is 47.8 Å². The molecule has 1 saturated carbocycles. The molecule has 1 aliphatic carbocycles. The Morgan fingerprint density at radius 3 is 2.69 bits per heavy atom. The number of anilines is 2. The summed E-state index contributed by atoms with van der Waals surface area (Å²) in [7, 11) is 0. The van der Waals surface area contributed by atoms with E-state index in [1.807, 2.05) is 13.0 Å². The lowest BCUT2D eigenvalue weighted by molar-refractivity contribution is -0.141. The van der Waals surface area contributed by atoms with Gasteiger partial charge in [-0.3, -0.25) is 4.79 Å². The molecule has 204 valence electrons. The normalized spacial score (nSPS) is 19.6. The van der Waals surface area contributed by atoms with E-state index in [-0.39, 0.29) is 17.8 Å². The van der Waals surface area contributed by atoms with E-state index in [1.165, 1.54) is 11.3 Å². The molecule has 0 atom stereocenters. The SMILES string of the molecule is Cc1cc(Nc2nccc(C(F)(F)F)n2)cc(-c2cnc([C@]3(O)CC[C@H](C(=O)NCc4ncc[nH]4)CC3)s2)c1. The third-order valence-corrected chi connectivity index (χ3v) is 7.88. The van der Waals surface area contributed by atoms with E-state index in [4.69, 9.17) is 0 Å². The van der Waals surface area contributed by atoms with Gasteiger partial charge in [-0.2, -0.15) is 13.2 Å². The monoisotopic (exact) mass is 557 g/mol. The van der Waals surface area contributed by atoms with E-state index in [9.17, 15) is 23.1 Å². The molecule has 1 aliphatic rings. The Labute approximate surface area is 226 Å². The van der Waals surface area contributed by atoms with Crippen molar-refractivity contribution in [2.75, 3.05) is 5.32 Å². The zero-order valence-electron chi connectivity index (χ0n) is 20.9. The van der Waals surface area contributed by atoms with Crippen LogP contribution < -0.4 is 10.6 Å². The fraction of sp³-hybridized carbons (Fsp3) is 0.346. The Bertz CT molecular complexity index is 1450. The minimum atomic E-state index is -4.57. The number of rotatable bonds is 7. The number of carbonyl (C=O) groups is 1. The van der Waals surface area contributed by atoms with Crippen molar-refractivity contribution in [2.45, 2.75) is 50.9 Å². The molecule has 13 heteroatoms. The Kier molecular flexibility index (Phi) is 7.36. The fourth-order valence-corrected chi connectivity index (χ4v) is 5.66. The summed E-state index contributed by atoms with van der Waals surface area (Å²) in [6, 6.07) is 6.30. The smallest absolute Gasteiger partial charge is 0.383 e. The zero-order chi connectivity index (χ0) is 27.6. The number of hydrogen-bond donors (Lipinski definition) is 4. The second-order valence-corrected chi connectivity index (χ2v) is 10.6. The van der Waals surface area contributed by atoms with Crippen molar-refractivity contribution in [1.82, 2.24) is 30.2 Å². The Morgan fingerprint density at radius 1 is 1.18 bits per heavy atom. The summed E-state index contributed by atoms with van der Waals surface area (Å²) < 4.78 is 39.1. The summed E-state index contributed by atoms with van der Waals surface area (Å²) in [6.07, 6.45) is 3.38. The molecule has 9 nitrogen and oxygen atoms in total. The number of nitrogens with zero attached hydrogens (tertiary/aromatic N) is 4. The van der Waals surface area contributed by atoms with Crippen LogP contribution in [0.2, 0.25) is 0 Å².